The summed E-state index contributed by atoms with van der Waals surface area (Å²) in [5.41, 5.74) is 5.53. The van der Waals surface area contributed by atoms with Crippen molar-refractivity contribution in [3.8, 4) is 0 Å². The van der Waals surface area contributed by atoms with Crippen molar-refractivity contribution in [3.63, 3.8) is 0 Å². The first-order chi connectivity index (χ1) is 8.00. The van der Waals surface area contributed by atoms with Crippen molar-refractivity contribution >= 4 is 11.9 Å². The van der Waals surface area contributed by atoms with Gasteiger partial charge in [0.25, 0.3) is 0 Å². The highest BCUT2D eigenvalue weighted by Gasteiger charge is 2.24. The summed E-state index contributed by atoms with van der Waals surface area (Å²) in [6.07, 6.45) is 1.58. The Hall–Kier alpha value is -1.14. The quantitative estimate of drug-likeness (QED) is 0.699. The summed E-state index contributed by atoms with van der Waals surface area (Å²) < 4.78 is 5.43. The molecule has 1 fully saturated rings. The van der Waals surface area contributed by atoms with Crippen LogP contribution in [0.5, 0.6) is 0 Å². The second-order valence-electron chi connectivity index (χ2n) is 4.33. The molecule has 6 heteroatoms. The predicted octanol–water partition coefficient (Wildman–Crippen LogP) is -0.184. The molecule has 0 unspecified atom stereocenters. The van der Waals surface area contributed by atoms with Gasteiger partial charge in [0.1, 0.15) is 0 Å². The Morgan fingerprint density at radius 3 is 2.53 bits per heavy atom. The van der Waals surface area contributed by atoms with E-state index < -0.39 is 12.0 Å². The molecular weight excluding hydrogens is 224 g/mol. The van der Waals surface area contributed by atoms with Crippen molar-refractivity contribution in [1.29, 1.82) is 0 Å². The number of amides is 1. The number of hydrogen-bond donors (Lipinski definition) is 2. The summed E-state index contributed by atoms with van der Waals surface area (Å²) in [4.78, 5) is 23.6. The van der Waals surface area contributed by atoms with E-state index in [1.54, 1.807) is 11.8 Å². The van der Waals surface area contributed by atoms with E-state index in [0.29, 0.717) is 13.1 Å². The van der Waals surface area contributed by atoms with E-state index in [2.05, 4.69) is 0 Å². The summed E-state index contributed by atoms with van der Waals surface area (Å²) in [7, 11) is 0. The smallest absolute Gasteiger partial charge is 0.305 e. The van der Waals surface area contributed by atoms with Crippen molar-refractivity contribution in [3.05, 3.63) is 0 Å². The van der Waals surface area contributed by atoms with Gasteiger partial charge < -0.3 is 20.5 Å². The Labute approximate surface area is 101 Å². The van der Waals surface area contributed by atoms with Crippen LogP contribution in [0.1, 0.15) is 26.2 Å². The number of likely N-dealkylation sites (tertiary alicyclic amines) is 1. The largest absolute Gasteiger partial charge is 0.481 e. The van der Waals surface area contributed by atoms with Gasteiger partial charge in [0.2, 0.25) is 5.91 Å². The second kappa shape index (κ2) is 6.56. The standard InChI is InChI=1S/C11H20N2O4/c1-8(12)11(16)13-5-2-9(3-6-13)17-7-4-10(14)15/h8-9H,2-7,12H2,1H3,(H,14,15)/t8-/m1/s1. The lowest BCUT2D eigenvalue weighted by molar-refractivity contribution is -0.139. The molecule has 0 saturated carbocycles. The molecule has 1 amide bonds. The van der Waals surface area contributed by atoms with Gasteiger partial charge in [-0.1, -0.05) is 0 Å². The van der Waals surface area contributed by atoms with Gasteiger partial charge in [-0.2, -0.15) is 0 Å². The monoisotopic (exact) mass is 244 g/mol. The number of ether oxygens (including phenoxy) is 1. The molecule has 1 aliphatic heterocycles. The van der Waals surface area contributed by atoms with Crippen LogP contribution in [0.15, 0.2) is 0 Å². The Morgan fingerprint density at radius 1 is 1.47 bits per heavy atom. The molecule has 0 spiro atoms. The third-order valence-electron chi connectivity index (χ3n) is 2.81. The van der Waals surface area contributed by atoms with Crippen LogP contribution < -0.4 is 5.73 Å². The lowest BCUT2D eigenvalue weighted by Crippen LogP contribution is -2.47. The van der Waals surface area contributed by atoms with Crippen LogP contribution in [0.2, 0.25) is 0 Å². The topological polar surface area (TPSA) is 92.9 Å². The average Bonchev–Trinajstić information content (AvgIpc) is 2.28. The summed E-state index contributed by atoms with van der Waals surface area (Å²) in [5, 5.41) is 8.47. The molecule has 6 nitrogen and oxygen atoms in total. The fourth-order valence-corrected chi connectivity index (χ4v) is 1.84. The van der Waals surface area contributed by atoms with E-state index in [-0.39, 0.29) is 25.0 Å². The minimum Gasteiger partial charge on any atom is -0.481 e. The molecule has 17 heavy (non-hydrogen) atoms. The average molecular weight is 244 g/mol. The minimum absolute atomic E-state index is 0.0268. The Morgan fingerprint density at radius 2 is 2.06 bits per heavy atom. The molecular formula is C11H20N2O4. The van der Waals surface area contributed by atoms with Gasteiger partial charge in [-0.15, -0.1) is 0 Å². The predicted molar refractivity (Wildman–Crippen MR) is 61.5 cm³/mol. The summed E-state index contributed by atoms with van der Waals surface area (Å²) >= 11 is 0. The highest BCUT2D eigenvalue weighted by molar-refractivity contribution is 5.81. The van der Waals surface area contributed by atoms with Gasteiger partial charge in [0.05, 0.1) is 25.2 Å². The molecule has 3 N–H and O–H groups in total. The maximum atomic E-state index is 11.6. The maximum Gasteiger partial charge on any atom is 0.305 e. The van der Waals surface area contributed by atoms with E-state index in [4.69, 9.17) is 15.6 Å². The number of carboxylic acids is 1. The third-order valence-corrected chi connectivity index (χ3v) is 2.81. The van der Waals surface area contributed by atoms with Crippen molar-refractivity contribution in [2.45, 2.75) is 38.3 Å². The number of nitrogens with zero attached hydrogens (tertiary/aromatic N) is 1. The molecule has 0 aromatic carbocycles. The zero-order valence-corrected chi connectivity index (χ0v) is 10.1. The molecule has 1 aliphatic rings. The fraction of sp³-hybridized carbons (Fsp3) is 0.818. The lowest BCUT2D eigenvalue weighted by Gasteiger charge is -2.32. The number of aliphatic carboxylic acids is 1. The van der Waals surface area contributed by atoms with Gasteiger partial charge in [0.15, 0.2) is 0 Å². The number of carboxylic acid groups (broad SMARTS) is 1. The Balaban J connectivity index is 2.21. The first kappa shape index (κ1) is 13.9. The molecule has 0 aromatic rings. The van der Waals surface area contributed by atoms with Crippen LogP contribution in [-0.2, 0) is 14.3 Å². The number of rotatable bonds is 5. The molecule has 1 saturated heterocycles. The van der Waals surface area contributed by atoms with Crippen LogP contribution >= 0.6 is 0 Å². The molecule has 0 bridgehead atoms. The van der Waals surface area contributed by atoms with Crippen LogP contribution in [-0.4, -0.2) is 53.7 Å². The van der Waals surface area contributed by atoms with Crippen LogP contribution in [0.3, 0.4) is 0 Å². The molecule has 0 aromatic heterocycles. The maximum absolute atomic E-state index is 11.6. The Kier molecular flexibility index (Phi) is 5.37. The van der Waals surface area contributed by atoms with Gasteiger partial charge >= 0.3 is 5.97 Å². The number of nitrogens with two attached hydrogens (primary N) is 1. The fourth-order valence-electron chi connectivity index (χ4n) is 1.84. The number of carbonyl (C=O) groups excluding carboxylic acids is 1. The molecule has 0 radical (unpaired) electrons. The van der Waals surface area contributed by atoms with E-state index in [1.807, 2.05) is 0 Å². The van der Waals surface area contributed by atoms with Crippen molar-refractivity contribution in [2.75, 3.05) is 19.7 Å². The van der Waals surface area contributed by atoms with Crippen molar-refractivity contribution < 1.29 is 19.4 Å². The number of carbonyl (C=O) groups is 2. The van der Waals surface area contributed by atoms with Gasteiger partial charge in [0, 0.05) is 13.1 Å². The van der Waals surface area contributed by atoms with Crippen LogP contribution in [0.4, 0.5) is 0 Å². The third kappa shape index (κ3) is 4.70. The molecule has 1 rings (SSSR count). The van der Waals surface area contributed by atoms with Gasteiger partial charge in [-0.25, -0.2) is 0 Å². The highest BCUT2D eigenvalue weighted by Crippen LogP contribution is 2.14. The van der Waals surface area contributed by atoms with E-state index in [1.165, 1.54) is 0 Å². The second-order valence-corrected chi connectivity index (χ2v) is 4.33. The minimum atomic E-state index is -0.852. The summed E-state index contributed by atoms with van der Waals surface area (Å²) in [6, 6.07) is -0.459. The lowest BCUT2D eigenvalue weighted by atomic mass is 10.1. The first-order valence-electron chi connectivity index (χ1n) is 5.88. The van der Waals surface area contributed by atoms with Gasteiger partial charge in [-0.05, 0) is 19.8 Å². The zero-order chi connectivity index (χ0) is 12.8. The zero-order valence-electron chi connectivity index (χ0n) is 10.1. The molecule has 0 aliphatic carbocycles. The summed E-state index contributed by atoms with van der Waals surface area (Å²) in [5.74, 6) is -0.886. The normalized spacial score (nSPS) is 19.1. The SMILES string of the molecule is C[C@@H](N)C(=O)N1CCC(OCCC(=O)O)CC1. The van der Waals surface area contributed by atoms with Crippen LogP contribution in [0.25, 0.3) is 0 Å². The molecule has 1 heterocycles. The van der Waals surface area contributed by atoms with Gasteiger partial charge in [-0.3, -0.25) is 9.59 Å². The van der Waals surface area contributed by atoms with Crippen molar-refractivity contribution in [1.82, 2.24) is 4.90 Å². The number of hydrogen-bond acceptors (Lipinski definition) is 4. The first-order valence-corrected chi connectivity index (χ1v) is 5.88. The Bertz CT molecular complexity index is 273. The summed E-state index contributed by atoms with van der Waals surface area (Å²) in [6.45, 7) is 3.19. The van der Waals surface area contributed by atoms with E-state index >= 15 is 0 Å². The van der Waals surface area contributed by atoms with E-state index in [0.717, 1.165) is 12.8 Å². The molecule has 98 valence electrons. The van der Waals surface area contributed by atoms with Crippen LogP contribution in [0, 0.1) is 0 Å². The number of piperidine rings is 1. The van der Waals surface area contributed by atoms with E-state index in [9.17, 15) is 9.59 Å². The highest BCUT2D eigenvalue weighted by atomic mass is 16.5. The molecule has 1 atom stereocenters. The van der Waals surface area contributed by atoms with Crippen molar-refractivity contribution in [2.24, 2.45) is 5.73 Å².